The van der Waals surface area contributed by atoms with Crippen LogP contribution in [0.2, 0.25) is 0 Å². The second-order valence-electron chi connectivity index (χ2n) is 3.54. The summed E-state index contributed by atoms with van der Waals surface area (Å²) in [6.07, 6.45) is 2.20. The van der Waals surface area contributed by atoms with Gasteiger partial charge >= 0.3 is 0 Å². The van der Waals surface area contributed by atoms with Crippen LogP contribution < -0.4 is 5.32 Å². The van der Waals surface area contributed by atoms with Gasteiger partial charge in [-0.15, -0.1) is 0 Å². The van der Waals surface area contributed by atoms with Gasteiger partial charge in [0.2, 0.25) is 5.13 Å². The third-order valence-electron chi connectivity index (χ3n) is 2.50. The van der Waals surface area contributed by atoms with Gasteiger partial charge in [-0.2, -0.15) is 4.37 Å². The van der Waals surface area contributed by atoms with Crippen LogP contribution in [0.3, 0.4) is 0 Å². The number of aromatic nitrogens is 2. The molecule has 0 saturated heterocycles. The van der Waals surface area contributed by atoms with Crippen molar-refractivity contribution in [1.82, 2.24) is 9.36 Å². The van der Waals surface area contributed by atoms with Crippen LogP contribution in [0.15, 0.2) is 0 Å². The van der Waals surface area contributed by atoms with Gasteiger partial charge in [0.1, 0.15) is 5.82 Å². The minimum absolute atomic E-state index is 0.159. The molecule has 1 rings (SSSR count). The van der Waals surface area contributed by atoms with E-state index in [2.05, 4.69) is 35.4 Å². The number of rotatable bonds is 4. The van der Waals surface area contributed by atoms with Crippen molar-refractivity contribution in [1.29, 1.82) is 0 Å². The van der Waals surface area contributed by atoms with Gasteiger partial charge in [-0.05, 0) is 26.7 Å². The van der Waals surface area contributed by atoms with Crippen LogP contribution in [-0.4, -0.2) is 14.9 Å². The molecule has 74 valence electrons. The van der Waals surface area contributed by atoms with Gasteiger partial charge in [-0.25, -0.2) is 4.98 Å². The summed E-state index contributed by atoms with van der Waals surface area (Å²) in [6, 6.07) is 0. The summed E-state index contributed by atoms with van der Waals surface area (Å²) >= 11 is 1.43. The molecular weight excluding hydrogens is 182 g/mol. The number of hydrogen-bond donors (Lipinski definition) is 1. The number of aryl methyl sites for hydroxylation is 1. The molecule has 0 unspecified atom stereocenters. The zero-order chi connectivity index (χ0) is 9.90. The van der Waals surface area contributed by atoms with Crippen molar-refractivity contribution in [2.75, 3.05) is 5.32 Å². The molecule has 1 aromatic rings. The minimum atomic E-state index is 0.159. The number of nitrogens with one attached hydrogen (secondary N) is 1. The predicted molar refractivity (Wildman–Crippen MR) is 57.3 cm³/mol. The van der Waals surface area contributed by atoms with E-state index in [9.17, 15) is 0 Å². The Balaban J connectivity index is 2.67. The van der Waals surface area contributed by atoms with E-state index in [0.29, 0.717) is 0 Å². The topological polar surface area (TPSA) is 37.8 Å². The zero-order valence-electron chi connectivity index (χ0n) is 8.72. The van der Waals surface area contributed by atoms with E-state index >= 15 is 0 Å². The Labute approximate surface area is 83.8 Å². The molecule has 0 bridgehead atoms. The van der Waals surface area contributed by atoms with E-state index in [0.717, 1.165) is 23.8 Å². The lowest BCUT2D eigenvalue weighted by molar-refractivity contribution is 0.478. The van der Waals surface area contributed by atoms with Gasteiger partial charge in [0.15, 0.2) is 0 Å². The number of nitrogens with zero attached hydrogens (tertiary/aromatic N) is 2. The molecule has 0 fully saturated rings. The van der Waals surface area contributed by atoms with Crippen LogP contribution in [-0.2, 0) is 0 Å². The summed E-state index contributed by atoms with van der Waals surface area (Å²) in [4.78, 5) is 4.29. The molecule has 3 nitrogen and oxygen atoms in total. The maximum atomic E-state index is 4.29. The first-order valence-corrected chi connectivity index (χ1v) is 5.45. The van der Waals surface area contributed by atoms with Crippen LogP contribution in [0.4, 0.5) is 5.13 Å². The molecule has 1 heterocycles. The number of anilines is 1. The number of hydrogen-bond acceptors (Lipinski definition) is 4. The van der Waals surface area contributed by atoms with Crippen LogP contribution in [0.5, 0.6) is 0 Å². The minimum Gasteiger partial charge on any atom is -0.355 e. The molecule has 0 aliphatic heterocycles. The lowest BCUT2D eigenvalue weighted by atomic mass is 9.96. The van der Waals surface area contributed by atoms with Gasteiger partial charge in [0.05, 0.1) is 0 Å². The van der Waals surface area contributed by atoms with Crippen LogP contribution in [0, 0.1) is 6.92 Å². The van der Waals surface area contributed by atoms with Gasteiger partial charge < -0.3 is 5.32 Å². The second kappa shape index (κ2) is 4.05. The van der Waals surface area contributed by atoms with Crippen LogP contribution >= 0.6 is 11.5 Å². The summed E-state index contributed by atoms with van der Waals surface area (Å²) < 4.78 is 4.14. The summed E-state index contributed by atoms with van der Waals surface area (Å²) in [5.41, 5.74) is 0.159. The highest BCUT2D eigenvalue weighted by atomic mass is 32.1. The van der Waals surface area contributed by atoms with E-state index in [1.54, 1.807) is 0 Å². The zero-order valence-corrected chi connectivity index (χ0v) is 9.53. The third-order valence-corrected chi connectivity index (χ3v) is 3.22. The molecular formula is C9H17N3S. The molecule has 0 aromatic carbocycles. The molecule has 0 atom stereocenters. The Morgan fingerprint density at radius 1 is 1.38 bits per heavy atom. The average molecular weight is 199 g/mol. The van der Waals surface area contributed by atoms with Crippen molar-refractivity contribution in [3.05, 3.63) is 5.82 Å². The van der Waals surface area contributed by atoms with Gasteiger partial charge in [-0.3, -0.25) is 0 Å². The molecule has 1 N–H and O–H groups in total. The van der Waals surface area contributed by atoms with E-state index in [1.165, 1.54) is 11.5 Å². The molecule has 0 spiro atoms. The maximum Gasteiger partial charge on any atom is 0.202 e. The highest BCUT2D eigenvalue weighted by molar-refractivity contribution is 7.09. The average Bonchev–Trinajstić information content (AvgIpc) is 2.51. The molecule has 13 heavy (non-hydrogen) atoms. The Hall–Kier alpha value is -0.640. The highest BCUT2D eigenvalue weighted by Gasteiger charge is 2.20. The van der Waals surface area contributed by atoms with Gasteiger partial charge in [0.25, 0.3) is 0 Å². The van der Waals surface area contributed by atoms with E-state index in [-0.39, 0.29) is 5.54 Å². The Morgan fingerprint density at radius 3 is 2.38 bits per heavy atom. The molecule has 0 aliphatic rings. The lowest BCUT2D eigenvalue weighted by Gasteiger charge is -2.27. The van der Waals surface area contributed by atoms with Crippen molar-refractivity contribution in [2.24, 2.45) is 0 Å². The second-order valence-corrected chi connectivity index (χ2v) is 4.29. The van der Waals surface area contributed by atoms with Crippen molar-refractivity contribution in [3.63, 3.8) is 0 Å². The highest BCUT2D eigenvalue weighted by Crippen LogP contribution is 2.22. The lowest BCUT2D eigenvalue weighted by Crippen LogP contribution is -2.32. The quantitative estimate of drug-likeness (QED) is 0.810. The van der Waals surface area contributed by atoms with Crippen LogP contribution in [0.25, 0.3) is 0 Å². The molecule has 0 amide bonds. The monoisotopic (exact) mass is 199 g/mol. The Kier molecular flexibility index (Phi) is 3.25. The molecule has 4 heteroatoms. The van der Waals surface area contributed by atoms with Gasteiger partial charge in [0, 0.05) is 17.1 Å². The third kappa shape index (κ3) is 2.66. The molecule has 1 aromatic heterocycles. The SMILES string of the molecule is CCC(C)(CC)Nc1nc(C)ns1. The molecule has 0 saturated carbocycles. The standard InChI is InChI=1S/C9H17N3S/c1-5-9(4,6-2)11-8-10-7(3)12-13-8/h5-6H2,1-4H3,(H,10,11,12). The van der Waals surface area contributed by atoms with Crippen molar-refractivity contribution >= 4 is 16.7 Å². The fourth-order valence-electron chi connectivity index (χ4n) is 1.03. The normalized spacial score (nSPS) is 11.7. The van der Waals surface area contributed by atoms with Crippen molar-refractivity contribution < 1.29 is 0 Å². The summed E-state index contributed by atoms with van der Waals surface area (Å²) in [7, 11) is 0. The Morgan fingerprint density at radius 2 is 2.00 bits per heavy atom. The predicted octanol–water partition coefficient (Wildman–Crippen LogP) is 2.84. The fraction of sp³-hybridized carbons (Fsp3) is 0.778. The largest absolute Gasteiger partial charge is 0.355 e. The summed E-state index contributed by atoms with van der Waals surface area (Å²) in [6.45, 7) is 8.50. The summed E-state index contributed by atoms with van der Waals surface area (Å²) in [5, 5.41) is 4.35. The van der Waals surface area contributed by atoms with Gasteiger partial charge in [-0.1, -0.05) is 13.8 Å². The molecule has 0 radical (unpaired) electrons. The van der Waals surface area contributed by atoms with Crippen LogP contribution in [0.1, 0.15) is 39.4 Å². The fourth-order valence-corrected chi connectivity index (χ4v) is 1.76. The first kappa shape index (κ1) is 10.4. The first-order chi connectivity index (χ1) is 6.09. The Bertz CT molecular complexity index is 266. The van der Waals surface area contributed by atoms with Crippen molar-refractivity contribution in [3.8, 4) is 0 Å². The van der Waals surface area contributed by atoms with E-state index in [1.807, 2.05) is 6.92 Å². The molecule has 0 aliphatic carbocycles. The van der Waals surface area contributed by atoms with Crippen molar-refractivity contribution in [2.45, 2.75) is 46.1 Å². The summed E-state index contributed by atoms with van der Waals surface area (Å²) in [5.74, 6) is 0.849. The maximum absolute atomic E-state index is 4.29. The van der Waals surface area contributed by atoms with E-state index in [4.69, 9.17) is 0 Å². The smallest absolute Gasteiger partial charge is 0.202 e. The van der Waals surface area contributed by atoms with E-state index < -0.39 is 0 Å². The first-order valence-electron chi connectivity index (χ1n) is 4.68.